The quantitative estimate of drug-likeness (QED) is 0.399. The van der Waals surface area contributed by atoms with Crippen molar-refractivity contribution < 1.29 is 27.9 Å². The number of para-hydroxylation sites is 2. The summed E-state index contributed by atoms with van der Waals surface area (Å²) in [5.41, 5.74) is 1.52. The number of methoxy groups -OCH3 is 1. The zero-order valence-electron chi connectivity index (χ0n) is 17.4. The third-order valence-electron chi connectivity index (χ3n) is 5.14. The number of carbonyl (C=O) groups excluding carboxylic acids is 2. The smallest absolute Gasteiger partial charge is 0.374 e. The van der Waals surface area contributed by atoms with Gasteiger partial charge in [0.15, 0.2) is 12.0 Å². The van der Waals surface area contributed by atoms with Gasteiger partial charge in [-0.1, -0.05) is 30.3 Å². The maximum Gasteiger partial charge on any atom is 0.374 e. The maximum absolute atomic E-state index is 12.4. The molecule has 0 aliphatic rings. The number of ether oxygens (including phenoxy) is 2. The SMILES string of the molecule is COc1cc2c(cc1NC(=O)COC(=O)c1cc(=O)c3ccccc3o1)oc1ccccc12. The molecule has 8 nitrogen and oxygen atoms in total. The van der Waals surface area contributed by atoms with Crippen molar-refractivity contribution in [1.82, 2.24) is 0 Å². The van der Waals surface area contributed by atoms with Crippen LogP contribution in [-0.2, 0) is 9.53 Å². The molecule has 0 aliphatic heterocycles. The minimum Gasteiger partial charge on any atom is -0.495 e. The minimum atomic E-state index is -0.923. The number of carbonyl (C=O) groups is 2. The highest BCUT2D eigenvalue weighted by Gasteiger charge is 2.17. The maximum atomic E-state index is 12.4. The lowest BCUT2D eigenvalue weighted by molar-refractivity contribution is -0.119. The van der Waals surface area contributed by atoms with Crippen molar-refractivity contribution in [2.24, 2.45) is 0 Å². The van der Waals surface area contributed by atoms with Crippen LogP contribution in [0.1, 0.15) is 10.6 Å². The number of nitrogens with one attached hydrogen (secondary N) is 1. The average molecular weight is 443 g/mol. The number of rotatable bonds is 5. The van der Waals surface area contributed by atoms with Gasteiger partial charge in [-0.3, -0.25) is 9.59 Å². The van der Waals surface area contributed by atoms with Gasteiger partial charge in [0, 0.05) is 22.9 Å². The van der Waals surface area contributed by atoms with Crippen LogP contribution in [-0.4, -0.2) is 25.6 Å². The molecule has 0 spiro atoms. The molecule has 33 heavy (non-hydrogen) atoms. The van der Waals surface area contributed by atoms with Gasteiger partial charge in [0.2, 0.25) is 5.76 Å². The first-order valence-corrected chi connectivity index (χ1v) is 10.0. The Bertz CT molecular complexity index is 1600. The molecule has 164 valence electrons. The molecule has 5 rings (SSSR count). The number of fused-ring (bicyclic) bond motifs is 4. The van der Waals surface area contributed by atoms with Crippen molar-refractivity contribution in [1.29, 1.82) is 0 Å². The molecule has 3 aromatic carbocycles. The number of esters is 1. The first kappa shape index (κ1) is 20.3. The second-order valence-electron chi connectivity index (χ2n) is 7.24. The molecule has 8 heteroatoms. The van der Waals surface area contributed by atoms with Crippen molar-refractivity contribution in [2.75, 3.05) is 19.0 Å². The van der Waals surface area contributed by atoms with Gasteiger partial charge in [-0.05, 0) is 24.3 Å². The average Bonchev–Trinajstić information content (AvgIpc) is 3.19. The Morgan fingerprint density at radius 1 is 0.848 bits per heavy atom. The van der Waals surface area contributed by atoms with Crippen molar-refractivity contribution in [3.05, 3.63) is 82.7 Å². The van der Waals surface area contributed by atoms with Gasteiger partial charge in [-0.25, -0.2) is 4.79 Å². The summed E-state index contributed by atoms with van der Waals surface area (Å²) < 4.78 is 21.7. The molecule has 0 unspecified atom stereocenters. The Balaban J connectivity index is 1.33. The van der Waals surface area contributed by atoms with Crippen LogP contribution in [0.4, 0.5) is 5.69 Å². The van der Waals surface area contributed by atoms with E-state index in [4.69, 9.17) is 18.3 Å². The first-order valence-electron chi connectivity index (χ1n) is 10.0. The molecule has 1 N–H and O–H groups in total. The number of furan rings is 1. The van der Waals surface area contributed by atoms with E-state index in [1.165, 1.54) is 7.11 Å². The Kier molecular flexibility index (Phi) is 5.02. The number of hydrogen-bond acceptors (Lipinski definition) is 7. The monoisotopic (exact) mass is 443 g/mol. The molecule has 0 radical (unpaired) electrons. The van der Waals surface area contributed by atoms with Crippen LogP contribution in [0.15, 0.2) is 80.4 Å². The summed E-state index contributed by atoms with van der Waals surface area (Å²) in [5, 5.41) is 4.77. The molecule has 1 amide bonds. The van der Waals surface area contributed by atoms with Crippen molar-refractivity contribution in [3.8, 4) is 5.75 Å². The fraction of sp³-hybridized carbons (Fsp3) is 0.0800. The summed E-state index contributed by atoms with van der Waals surface area (Å²) in [4.78, 5) is 36.9. The van der Waals surface area contributed by atoms with Crippen LogP contribution in [0.3, 0.4) is 0 Å². The highest BCUT2D eigenvalue weighted by atomic mass is 16.5. The van der Waals surface area contributed by atoms with E-state index in [-0.39, 0.29) is 16.8 Å². The van der Waals surface area contributed by atoms with Gasteiger partial charge < -0.3 is 23.6 Å². The fourth-order valence-electron chi connectivity index (χ4n) is 3.61. The van der Waals surface area contributed by atoms with Gasteiger partial charge in [-0.2, -0.15) is 0 Å². The summed E-state index contributed by atoms with van der Waals surface area (Å²) >= 11 is 0. The van der Waals surface area contributed by atoms with Crippen molar-refractivity contribution >= 4 is 50.5 Å². The largest absolute Gasteiger partial charge is 0.495 e. The molecule has 0 saturated heterocycles. The van der Waals surface area contributed by atoms with Gasteiger partial charge in [0.25, 0.3) is 5.91 Å². The van der Waals surface area contributed by atoms with Crippen molar-refractivity contribution in [2.45, 2.75) is 0 Å². The minimum absolute atomic E-state index is 0.255. The van der Waals surface area contributed by atoms with Crippen LogP contribution in [0.2, 0.25) is 0 Å². The summed E-state index contributed by atoms with van der Waals surface area (Å²) in [6.45, 7) is -0.587. The third kappa shape index (κ3) is 3.78. The van der Waals surface area contributed by atoms with E-state index in [1.807, 2.05) is 24.3 Å². The highest BCUT2D eigenvalue weighted by molar-refractivity contribution is 6.08. The van der Waals surface area contributed by atoms with Gasteiger partial charge in [-0.15, -0.1) is 0 Å². The van der Waals surface area contributed by atoms with E-state index in [0.717, 1.165) is 16.8 Å². The Labute approximate surface area is 186 Å². The number of hydrogen-bond donors (Lipinski definition) is 1. The first-order chi connectivity index (χ1) is 16.0. The van der Waals surface area contributed by atoms with Crippen LogP contribution in [0, 0.1) is 0 Å². The molecule has 0 fully saturated rings. The number of anilines is 1. The van der Waals surface area contributed by atoms with Crippen LogP contribution in [0.25, 0.3) is 32.9 Å². The topological polar surface area (TPSA) is 108 Å². The van der Waals surface area contributed by atoms with E-state index in [2.05, 4.69) is 5.32 Å². The van der Waals surface area contributed by atoms with Gasteiger partial charge in [0.1, 0.15) is 22.5 Å². The molecular formula is C25H17NO7. The lowest BCUT2D eigenvalue weighted by atomic mass is 10.1. The molecule has 0 saturated carbocycles. The van der Waals surface area contributed by atoms with E-state index in [0.29, 0.717) is 28.0 Å². The fourth-order valence-corrected chi connectivity index (χ4v) is 3.61. The van der Waals surface area contributed by atoms with E-state index in [9.17, 15) is 14.4 Å². The second kappa shape index (κ2) is 8.16. The van der Waals surface area contributed by atoms with E-state index >= 15 is 0 Å². The van der Waals surface area contributed by atoms with E-state index < -0.39 is 18.5 Å². The number of amides is 1. The van der Waals surface area contributed by atoms with Crippen LogP contribution in [0.5, 0.6) is 5.75 Å². The molecule has 5 aromatic rings. The summed E-state index contributed by atoms with van der Waals surface area (Å²) in [6.07, 6.45) is 0. The second-order valence-corrected chi connectivity index (χ2v) is 7.24. The van der Waals surface area contributed by atoms with Gasteiger partial charge in [0.05, 0.1) is 18.2 Å². The molecule has 0 bridgehead atoms. The molecule has 0 atom stereocenters. The van der Waals surface area contributed by atoms with E-state index in [1.54, 1.807) is 36.4 Å². The standard InChI is InChI=1S/C25H17NO7/c1-30-22-10-16-14-6-2-4-8-19(14)32-21(16)11-17(22)26-24(28)13-31-25(29)23-12-18(27)15-7-3-5-9-20(15)33-23/h2-12H,13H2,1H3,(H,26,28). The Morgan fingerprint density at radius 3 is 2.30 bits per heavy atom. The highest BCUT2D eigenvalue weighted by Crippen LogP contribution is 2.36. The zero-order valence-corrected chi connectivity index (χ0v) is 17.4. The predicted octanol–water partition coefficient (Wildman–Crippen LogP) is 4.50. The molecule has 0 aliphatic carbocycles. The predicted molar refractivity (Wildman–Crippen MR) is 122 cm³/mol. The van der Waals surface area contributed by atoms with Crippen LogP contribution >= 0.6 is 0 Å². The Hall–Kier alpha value is -4.59. The molecule has 2 heterocycles. The third-order valence-corrected chi connectivity index (χ3v) is 5.14. The number of benzene rings is 3. The lowest BCUT2D eigenvalue weighted by Gasteiger charge is -2.10. The van der Waals surface area contributed by atoms with Gasteiger partial charge >= 0.3 is 5.97 Å². The Morgan fingerprint density at radius 2 is 1.55 bits per heavy atom. The molecular weight excluding hydrogens is 426 g/mol. The summed E-state index contributed by atoms with van der Waals surface area (Å²) in [7, 11) is 1.49. The lowest BCUT2D eigenvalue weighted by Crippen LogP contribution is -2.21. The zero-order chi connectivity index (χ0) is 22.9. The summed E-state index contributed by atoms with van der Waals surface area (Å²) in [6, 6.07) is 18.6. The normalized spacial score (nSPS) is 11.1. The van der Waals surface area contributed by atoms with Crippen molar-refractivity contribution in [3.63, 3.8) is 0 Å². The summed E-state index contributed by atoms with van der Waals surface area (Å²) in [5.74, 6) is -1.38. The van der Waals surface area contributed by atoms with Crippen LogP contribution < -0.4 is 15.5 Å². The molecule has 2 aromatic heterocycles.